The average molecular weight is 324 g/mol. The number of rotatable bonds is 5. The Hall–Kier alpha value is -0.770. The molecule has 0 spiro atoms. The second-order valence-corrected chi connectivity index (χ2v) is 7.69. The highest BCUT2D eigenvalue weighted by Crippen LogP contribution is 2.33. The lowest BCUT2D eigenvalue weighted by molar-refractivity contribution is 0.265. The predicted octanol–water partition coefficient (Wildman–Crippen LogP) is 5.64. The first-order chi connectivity index (χ1) is 10.2. The Bertz CT molecular complexity index is 545. The van der Waals surface area contributed by atoms with E-state index in [0.29, 0.717) is 6.04 Å². The zero-order chi connectivity index (χ0) is 14.7. The number of furan rings is 1. The zero-order valence-corrected chi connectivity index (χ0v) is 13.9. The van der Waals surface area contributed by atoms with Gasteiger partial charge < -0.3 is 9.73 Å². The van der Waals surface area contributed by atoms with E-state index in [1.54, 1.807) is 17.6 Å². The first-order valence-electron chi connectivity index (χ1n) is 7.78. The fourth-order valence-electron chi connectivity index (χ4n) is 3.28. The molecule has 21 heavy (non-hydrogen) atoms. The lowest BCUT2D eigenvalue weighted by Crippen LogP contribution is -2.37. The topological polar surface area (TPSA) is 25.2 Å². The average Bonchev–Trinajstić information content (AvgIpc) is 3.17. The van der Waals surface area contributed by atoms with Crippen molar-refractivity contribution in [1.82, 2.24) is 5.32 Å². The second kappa shape index (κ2) is 6.99. The first-order valence-corrected chi connectivity index (χ1v) is 8.98. The predicted molar refractivity (Wildman–Crippen MR) is 89.1 cm³/mol. The third kappa shape index (κ3) is 3.71. The van der Waals surface area contributed by atoms with E-state index in [1.165, 1.54) is 37.0 Å². The molecule has 0 saturated heterocycles. The Morgan fingerprint density at radius 2 is 2.05 bits per heavy atom. The van der Waals surface area contributed by atoms with Crippen LogP contribution in [0.15, 0.2) is 34.9 Å². The van der Waals surface area contributed by atoms with Gasteiger partial charge in [-0.2, -0.15) is 0 Å². The van der Waals surface area contributed by atoms with Crippen molar-refractivity contribution in [3.63, 3.8) is 0 Å². The maximum absolute atomic E-state index is 6.11. The van der Waals surface area contributed by atoms with Crippen LogP contribution in [0.3, 0.4) is 0 Å². The van der Waals surface area contributed by atoms with Crippen molar-refractivity contribution in [1.29, 1.82) is 0 Å². The van der Waals surface area contributed by atoms with Gasteiger partial charge in [0.15, 0.2) is 0 Å². The van der Waals surface area contributed by atoms with Crippen molar-refractivity contribution in [2.45, 2.75) is 51.1 Å². The molecule has 2 aromatic heterocycles. The van der Waals surface area contributed by atoms with Crippen LogP contribution in [0.4, 0.5) is 0 Å². The molecule has 0 aromatic carbocycles. The maximum Gasteiger partial charge on any atom is 0.126 e. The Morgan fingerprint density at radius 1 is 1.24 bits per heavy atom. The van der Waals surface area contributed by atoms with Gasteiger partial charge in [-0.1, -0.05) is 30.9 Å². The lowest BCUT2D eigenvalue weighted by atomic mass is 9.84. The van der Waals surface area contributed by atoms with Crippen molar-refractivity contribution in [3.8, 4) is 0 Å². The Balaban J connectivity index is 1.76. The number of hydrogen-bond donors (Lipinski definition) is 1. The van der Waals surface area contributed by atoms with E-state index in [9.17, 15) is 0 Å². The molecule has 2 atom stereocenters. The van der Waals surface area contributed by atoms with Crippen molar-refractivity contribution in [2.24, 2.45) is 5.92 Å². The minimum atomic E-state index is 0.106. The SMILES string of the molecule is CC(NC(c1ccco1)c1ccc(Cl)s1)C1CCCCC1. The fraction of sp³-hybridized carbons (Fsp3) is 0.529. The lowest BCUT2D eigenvalue weighted by Gasteiger charge is -2.31. The summed E-state index contributed by atoms with van der Waals surface area (Å²) in [5, 5.41) is 3.78. The van der Waals surface area contributed by atoms with Gasteiger partial charge in [0, 0.05) is 10.9 Å². The van der Waals surface area contributed by atoms with Gasteiger partial charge in [0.1, 0.15) is 11.8 Å². The summed E-state index contributed by atoms with van der Waals surface area (Å²) >= 11 is 7.74. The minimum absolute atomic E-state index is 0.106. The van der Waals surface area contributed by atoms with Gasteiger partial charge in [-0.3, -0.25) is 0 Å². The number of halogens is 1. The molecule has 0 aliphatic heterocycles. The number of thiophene rings is 1. The highest BCUT2D eigenvalue weighted by molar-refractivity contribution is 7.16. The summed E-state index contributed by atoms with van der Waals surface area (Å²) in [5.74, 6) is 1.74. The van der Waals surface area contributed by atoms with Crippen LogP contribution in [0, 0.1) is 5.92 Å². The largest absolute Gasteiger partial charge is 0.467 e. The molecule has 0 bridgehead atoms. The molecule has 1 N–H and O–H groups in total. The highest BCUT2D eigenvalue weighted by Gasteiger charge is 2.26. The normalized spacial score (nSPS) is 19.5. The molecule has 2 nitrogen and oxygen atoms in total. The molecule has 4 heteroatoms. The maximum atomic E-state index is 6.11. The van der Waals surface area contributed by atoms with Gasteiger partial charge in [0.05, 0.1) is 10.6 Å². The third-order valence-corrected chi connectivity index (χ3v) is 5.79. The quantitative estimate of drug-likeness (QED) is 0.770. The standard InChI is InChI=1S/C17H22ClNOS/c1-12(13-6-3-2-4-7-13)19-17(14-8-5-11-20-14)15-9-10-16(18)21-15/h5,8-13,17,19H,2-4,6-7H2,1H3. The molecule has 1 aliphatic carbocycles. The summed E-state index contributed by atoms with van der Waals surface area (Å²) in [6, 6.07) is 8.64. The van der Waals surface area contributed by atoms with Gasteiger partial charge in [0.25, 0.3) is 0 Å². The molecule has 0 radical (unpaired) electrons. The van der Waals surface area contributed by atoms with Crippen LogP contribution < -0.4 is 5.32 Å². The fourth-order valence-corrected chi connectivity index (χ4v) is 4.41. The molecule has 0 amide bonds. The minimum Gasteiger partial charge on any atom is -0.467 e. The van der Waals surface area contributed by atoms with Crippen LogP contribution in [-0.4, -0.2) is 6.04 Å². The van der Waals surface area contributed by atoms with Crippen LogP contribution >= 0.6 is 22.9 Å². The Labute approximate surface area is 135 Å². The van der Waals surface area contributed by atoms with Crippen LogP contribution in [0.2, 0.25) is 4.34 Å². The van der Waals surface area contributed by atoms with Crippen LogP contribution in [-0.2, 0) is 0 Å². The van der Waals surface area contributed by atoms with E-state index in [1.807, 2.05) is 18.2 Å². The Morgan fingerprint density at radius 3 is 2.67 bits per heavy atom. The van der Waals surface area contributed by atoms with Gasteiger partial charge in [0.2, 0.25) is 0 Å². The van der Waals surface area contributed by atoms with Crippen LogP contribution in [0.25, 0.3) is 0 Å². The smallest absolute Gasteiger partial charge is 0.126 e. The molecule has 114 valence electrons. The molecule has 2 aromatic rings. The molecule has 1 fully saturated rings. The summed E-state index contributed by atoms with van der Waals surface area (Å²) < 4.78 is 6.48. The van der Waals surface area contributed by atoms with Crippen molar-refractivity contribution < 1.29 is 4.42 Å². The second-order valence-electron chi connectivity index (χ2n) is 5.94. The zero-order valence-electron chi connectivity index (χ0n) is 12.3. The molecule has 1 aliphatic rings. The Kier molecular flexibility index (Phi) is 5.04. The van der Waals surface area contributed by atoms with Crippen LogP contribution in [0.5, 0.6) is 0 Å². The van der Waals surface area contributed by atoms with Gasteiger partial charge in [-0.05, 0) is 49.9 Å². The highest BCUT2D eigenvalue weighted by atomic mass is 35.5. The molecular formula is C17H22ClNOS. The molecule has 1 saturated carbocycles. The molecule has 3 rings (SSSR count). The van der Waals surface area contributed by atoms with E-state index in [0.717, 1.165) is 16.0 Å². The third-order valence-electron chi connectivity index (χ3n) is 4.49. The summed E-state index contributed by atoms with van der Waals surface area (Å²) in [7, 11) is 0. The van der Waals surface area contributed by atoms with E-state index in [-0.39, 0.29) is 6.04 Å². The monoisotopic (exact) mass is 323 g/mol. The summed E-state index contributed by atoms with van der Waals surface area (Å²) in [6.07, 6.45) is 8.55. The van der Waals surface area contributed by atoms with E-state index >= 15 is 0 Å². The van der Waals surface area contributed by atoms with Gasteiger partial charge in [-0.15, -0.1) is 11.3 Å². The van der Waals surface area contributed by atoms with Gasteiger partial charge in [-0.25, -0.2) is 0 Å². The van der Waals surface area contributed by atoms with E-state index in [4.69, 9.17) is 16.0 Å². The molecular weight excluding hydrogens is 302 g/mol. The molecule has 2 unspecified atom stereocenters. The van der Waals surface area contributed by atoms with Gasteiger partial charge >= 0.3 is 0 Å². The van der Waals surface area contributed by atoms with Crippen LogP contribution in [0.1, 0.15) is 55.7 Å². The summed E-state index contributed by atoms with van der Waals surface area (Å²) in [6.45, 7) is 2.31. The van der Waals surface area contributed by atoms with Crippen molar-refractivity contribution in [2.75, 3.05) is 0 Å². The summed E-state index contributed by atoms with van der Waals surface area (Å²) in [4.78, 5) is 1.22. The van der Waals surface area contributed by atoms with Crippen molar-refractivity contribution >= 4 is 22.9 Å². The van der Waals surface area contributed by atoms with E-state index in [2.05, 4.69) is 18.3 Å². The number of hydrogen-bond acceptors (Lipinski definition) is 3. The van der Waals surface area contributed by atoms with Crippen molar-refractivity contribution in [3.05, 3.63) is 45.5 Å². The molecule has 2 heterocycles. The number of nitrogens with one attached hydrogen (secondary N) is 1. The summed E-state index contributed by atoms with van der Waals surface area (Å²) in [5.41, 5.74) is 0. The van der Waals surface area contributed by atoms with E-state index < -0.39 is 0 Å². The first kappa shape index (κ1) is 15.1.